The van der Waals surface area contributed by atoms with Gasteiger partial charge in [-0.3, -0.25) is 4.57 Å². The fraction of sp³-hybridized carbons (Fsp3) is 0.667. The summed E-state index contributed by atoms with van der Waals surface area (Å²) in [6, 6.07) is 2.18. The minimum Gasteiger partial charge on any atom is -0.328 e. The van der Waals surface area contributed by atoms with Crippen molar-refractivity contribution in [2.45, 2.75) is 52.6 Å². The normalized spacial score (nSPS) is 12.8. The molecule has 0 saturated heterocycles. The molecule has 0 aromatic carbocycles. The Kier molecular flexibility index (Phi) is 4.68. The van der Waals surface area contributed by atoms with E-state index >= 15 is 0 Å². The van der Waals surface area contributed by atoms with E-state index < -0.39 is 0 Å². The highest BCUT2D eigenvalue weighted by molar-refractivity contribution is 5.06. The predicted molar refractivity (Wildman–Crippen MR) is 65.5 cm³/mol. The molecule has 0 spiro atoms. The number of rotatable bonds is 5. The maximum atomic E-state index is 11.6. The molecule has 0 bridgehead atoms. The number of aromatic nitrogens is 2. The molecule has 1 unspecified atom stereocenters. The predicted octanol–water partition coefficient (Wildman–Crippen LogP) is 1.38. The van der Waals surface area contributed by atoms with Gasteiger partial charge in [0.05, 0.1) is 0 Å². The van der Waals surface area contributed by atoms with Gasteiger partial charge in [-0.2, -0.15) is 4.98 Å². The van der Waals surface area contributed by atoms with E-state index in [0.29, 0.717) is 6.54 Å². The van der Waals surface area contributed by atoms with Crippen LogP contribution in [0.5, 0.6) is 0 Å². The molecule has 2 N–H and O–H groups in total. The van der Waals surface area contributed by atoms with Gasteiger partial charge < -0.3 is 5.73 Å². The summed E-state index contributed by atoms with van der Waals surface area (Å²) in [5, 5.41) is 0. The van der Waals surface area contributed by atoms with Crippen LogP contribution in [0.15, 0.2) is 10.9 Å². The maximum Gasteiger partial charge on any atom is 0.347 e. The van der Waals surface area contributed by atoms with Crippen molar-refractivity contribution < 1.29 is 0 Å². The van der Waals surface area contributed by atoms with Crippen LogP contribution in [-0.2, 0) is 6.54 Å². The molecule has 1 aromatic rings. The van der Waals surface area contributed by atoms with E-state index in [1.54, 1.807) is 4.57 Å². The molecule has 1 rings (SSSR count). The summed E-state index contributed by atoms with van der Waals surface area (Å²) in [6.07, 6.45) is 2.87. The lowest BCUT2D eigenvalue weighted by molar-refractivity contribution is 0.507. The summed E-state index contributed by atoms with van der Waals surface area (Å²) < 4.78 is 1.72. The number of hydrogen-bond donors (Lipinski definition) is 1. The fourth-order valence-electron chi connectivity index (χ4n) is 1.76. The van der Waals surface area contributed by atoms with Gasteiger partial charge in [0.25, 0.3) is 0 Å². The van der Waals surface area contributed by atoms with Crippen LogP contribution in [0.2, 0.25) is 0 Å². The van der Waals surface area contributed by atoms with Crippen LogP contribution in [-0.4, -0.2) is 15.6 Å². The van der Waals surface area contributed by atoms with Gasteiger partial charge in [0.15, 0.2) is 0 Å². The van der Waals surface area contributed by atoms with Crippen molar-refractivity contribution in [3.05, 3.63) is 27.9 Å². The molecule has 0 aliphatic heterocycles. The van der Waals surface area contributed by atoms with Crippen molar-refractivity contribution >= 4 is 0 Å². The largest absolute Gasteiger partial charge is 0.347 e. The first kappa shape index (κ1) is 12.9. The summed E-state index contributed by atoms with van der Waals surface area (Å²) in [4.78, 5) is 15.6. The topological polar surface area (TPSA) is 60.9 Å². The number of hydrogen-bond acceptors (Lipinski definition) is 3. The van der Waals surface area contributed by atoms with E-state index in [4.69, 9.17) is 5.73 Å². The van der Waals surface area contributed by atoms with E-state index in [1.165, 1.54) is 0 Å². The van der Waals surface area contributed by atoms with Crippen LogP contribution in [0.3, 0.4) is 0 Å². The quantitative estimate of drug-likeness (QED) is 0.820. The highest BCUT2D eigenvalue weighted by Gasteiger charge is 2.04. The molecule has 0 aliphatic rings. The first-order valence-electron chi connectivity index (χ1n) is 5.85. The Balaban J connectivity index is 2.64. The number of nitrogens with two attached hydrogens (primary N) is 1. The van der Waals surface area contributed by atoms with Gasteiger partial charge in [-0.15, -0.1) is 0 Å². The summed E-state index contributed by atoms with van der Waals surface area (Å²) in [5.74, 6) is 0. The second-order valence-electron chi connectivity index (χ2n) is 4.28. The summed E-state index contributed by atoms with van der Waals surface area (Å²) in [5.41, 5.74) is 7.44. The van der Waals surface area contributed by atoms with E-state index in [1.807, 2.05) is 19.9 Å². The lowest BCUT2D eigenvalue weighted by Crippen LogP contribution is -2.27. The molecule has 1 heterocycles. The Labute approximate surface area is 96.5 Å². The van der Waals surface area contributed by atoms with Crippen molar-refractivity contribution in [2.75, 3.05) is 0 Å². The Morgan fingerprint density at radius 3 is 2.75 bits per heavy atom. The third kappa shape index (κ3) is 3.45. The molecule has 0 saturated carbocycles. The zero-order valence-corrected chi connectivity index (χ0v) is 10.4. The third-order valence-corrected chi connectivity index (χ3v) is 2.83. The van der Waals surface area contributed by atoms with Gasteiger partial charge in [-0.1, -0.05) is 6.92 Å². The molecule has 90 valence electrons. The van der Waals surface area contributed by atoms with Crippen LogP contribution in [0.1, 0.15) is 37.6 Å². The Morgan fingerprint density at radius 1 is 1.50 bits per heavy atom. The molecule has 4 heteroatoms. The summed E-state index contributed by atoms with van der Waals surface area (Å²) in [6.45, 7) is 6.57. The van der Waals surface area contributed by atoms with Gasteiger partial charge in [0.1, 0.15) is 0 Å². The lowest BCUT2D eigenvalue weighted by atomic mass is 10.1. The van der Waals surface area contributed by atoms with Crippen LogP contribution in [0.4, 0.5) is 0 Å². The number of aryl methyl sites for hydroxylation is 2. The monoisotopic (exact) mass is 223 g/mol. The molecule has 0 radical (unpaired) electrons. The summed E-state index contributed by atoms with van der Waals surface area (Å²) >= 11 is 0. The minimum atomic E-state index is -0.150. The SMILES string of the molecule is CCC(N)CCCn1c(C)cc(C)nc1=O. The molecule has 0 fully saturated rings. The van der Waals surface area contributed by atoms with Gasteiger partial charge in [-0.05, 0) is 39.2 Å². The fourth-order valence-corrected chi connectivity index (χ4v) is 1.76. The average molecular weight is 223 g/mol. The van der Waals surface area contributed by atoms with E-state index in [9.17, 15) is 4.79 Å². The second-order valence-corrected chi connectivity index (χ2v) is 4.28. The van der Waals surface area contributed by atoms with Crippen molar-refractivity contribution in [1.82, 2.24) is 9.55 Å². The van der Waals surface area contributed by atoms with Crippen LogP contribution in [0.25, 0.3) is 0 Å². The lowest BCUT2D eigenvalue weighted by Gasteiger charge is -2.11. The van der Waals surface area contributed by atoms with Crippen molar-refractivity contribution in [3.63, 3.8) is 0 Å². The molecular weight excluding hydrogens is 202 g/mol. The molecule has 1 atom stereocenters. The standard InChI is InChI=1S/C12H21N3O/c1-4-11(13)6-5-7-15-10(3)8-9(2)14-12(15)16/h8,11H,4-7,13H2,1-3H3. The van der Waals surface area contributed by atoms with Crippen LogP contribution >= 0.6 is 0 Å². The smallest absolute Gasteiger partial charge is 0.328 e. The second kappa shape index (κ2) is 5.80. The van der Waals surface area contributed by atoms with Crippen LogP contribution < -0.4 is 11.4 Å². The summed E-state index contributed by atoms with van der Waals surface area (Å²) in [7, 11) is 0. The first-order chi connectivity index (χ1) is 7.54. The molecular formula is C12H21N3O. The maximum absolute atomic E-state index is 11.6. The Hall–Kier alpha value is -1.16. The Bertz CT molecular complexity index is 398. The molecule has 0 aliphatic carbocycles. The van der Waals surface area contributed by atoms with Gasteiger partial charge in [-0.25, -0.2) is 4.79 Å². The first-order valence-corrected chi connectivity index (χ1v) is 5.85. The molecule has 1 aromatic heterocycles. The van der Waals surface area contributed by atoms with Crippen molar-refractivity contribution in [3.8, 4) is 0 Å². The van der Waals surface area contributed by atoms with Crippen LogP contribution in [0, 0.1) is 13.8 Å². The van der Waals surface area contributed by atoms with Gasteiger partial charge in [0.2, 0.25) is 0 Å². The molecule has 16 heavy (non-hydrogen) atoms. The van der Waals surface area contributed by atoms with E-state index in [2.05, 4.69) is 11.9 Å². The van der Waals surface area contributed by atoms with Gasteiger partial charge >= 0.3 is 5.69 Å². The third-order valence-electron chi connectivity index (χ3n) is 2.83. The highest BCUT2D eigenvalue weighted by atomic mass is 16.1. The molecule has 4 nitrogen and oxygen atoms in total. The van der Waals surface area contributed by atoms with E-state index in [0.717, 1.165) is 30.7 Å². The average Bonchev–Trinajstić information content (AvgIpc) is 2.21. The van der Waals surface area contributed by atoms with Crippen molar-refractivity contribution in [2.24, 2.45) is 5.73 Å². The van der Waals surface area contributed by atoms with Crippen molar-refractivity contribution in [1.29, 1.82) is 0 Å². The van der Waals surface area contributed by atoms with E-state index in [-0.39, 0.29) is 11.7 Å². The zero-order valence-electron chi connectivity index (χ0n) is 10.4. The minimum absolute atomic E-state index is 0.150. The molecule has 0 amide bonds. The number of nitrogens with zero attached hydrogens (tertiary/aromatic N) is 2. The highest BCUT2D eigenvalue weighted by Crippen LogP contribution is 2.02. The zero-order chi connectivity index (χ0) is 12.1. The van der Waals surface area contributed by atoms with Gasteiger partial charge in [0, 0.05) is 24.0 Å². The Morgan fingerprint density at radius 2 is 2.19 bits per heavy atom.